The van der Waals surface area contributed by atoms with E-state index < -0.39 is 6.63 Å². The molecule has 0 aliphatic heterocycles. The van der Waals surface area contributed by atoms with Crippen molar-refractivity contribution in [3.8, 4) is 0 Å². The van der Waals surface area contributed by atoms with Gasteiger partial charge in [-0.2, -0.15) is 0 Å². The number of ether oxygens (including phenoxy) is 1. The molecule has 0 fully saturated rings. The normalized spacial score (nSPS) is 9.78. The van der Waals surface area contributed by atoms with E-state index >= 15 is 0 Å². The van der Waals surface area contributed by atoms with E-state index in [4.69, 9.17) is 22.5 Å². The number of rotatable bonds is 3. The molecule has 0 bridgehead atoms. The predicted octanol–water partition coefficient (Wildman–Crippen LogP) is 2.34. The van der Waals surface area contributed by atoms with Crippen LogP contribution in [0.1, 0.15) is 6.92 Å². The Morgan fingerprint density at radius 3 is 2.56 bits per heavy atom. The molecule has 0 radical (unpaired) electrons. The van der Waals surface area contributed by atoms with Gasteiger partial charge in [-0.3, -0.25) is 4.79 Å². The first kappa shape index (κ1) is 9.48. The van der Waals surface area contributed by atoms with Gasteiger partial charge in [0.2, 0.25) is 0 Å². The van der Waals surface area contributed by atoms with E-state index in [-0.39, 0.29) is 12.1 Å². The van der Waals surface area contributed by atoms with Crippen molar-refractivity contribution in [3.05, 3.63) is 0 Å². The van der Waals surface area contributed by atoms with Crippen molar-refractivity contribution in [2.75, 3.05) is 12.8 Å². The molecule has 0 aliphatic rings. The van der Waals surface area contributed by atoms with E-state index in [0.717, 1.165) is 0 Å². The second-order valence-corrected chi connectivity index (χ2v) is 5.16. The highest BCUT2D eigenvalue weighted by atomic mass is 35.9. The first-order valence-electron chi connectivity index (χ1n) is 2.41. The van der Waals surface area contributed by atoms with E-state index in [9.17, 15) is 4.79 Å². The lowest BCUT2D eigenvalue weighted by atomic mass is 10.8. The van der Waals surface area contributed by atoms with Gasteiger partial charge in [0, 0.05) is 0 Å². The fourth-order valence-electron chi connectivity index (χ4n) is 0.304. The van der Waals surface area contributed by atoms with Crippen LogP contribution in [0.2, 0.25) is 0 Å². The van der Waals surface area contributed by atoms with E-state index in [1.54, 1.807) is 6.92 Å². The second kappa shape index (κ2) is 5.28. The maximum Gasteiger partial charge on any atom is 0.312 e. The zero-order valence-corrected chi connectivity index (χ0v) is 7.34. The molecule has 0 spiro atoms. The maximum absolute atomic E-state index is 10.5. The molecule has 0 aromatic rings. The van der Waals surface area contributed by atoms with Crippen molar-refractivity contribution in [1.82, 2.24) is 0 Å². The predicted molar refractivity (Wildman–Crippen MR) is 40.1 cm³/mol. The van der Waals surface area contributed by atoms with Gasteiger partial charge in [0.05, 0.1) is 19.4 Å². The van der Waals surface area contributed by atoms with Crippen LogP contribution in [0.4, 0.5) is 0 Å². The number of carbonyl (C=O) groups excluding carboxylic acids is 1. The lowest BCUT2D eigenvalue weighted by Gasteiger charge is -1.99. The molecule has 0 unspecified atom stereocenters. The summed E-state index contributed by atoms with van der Waals surface area (Å²) in [5.41, 5.74) is 0. The van der Waals surface area contributed by atoms with Gasteiger partial charge in [0.15, 0.2) is 0 Å². The molecule has 0 aliphatic carbocycles. The van der Waals surface area contributed by atoms with Crippen molar-refractivity contribution >= 4 is 35.1 Å². The van der Waals surface area contributed by atoms with Crippen LogP contribution >= 0.6 is 29.1 Å². The van der Waals surface area contributed by atoms with Crippen molar-refractivity contribution in [2.24, 2.45) is 0 Å². The summed E-state index contributed by atoms with van der Waals surface area (Å²) < 4.78 is 4.56. The van der Waals surface area contributed by atoms with Gasteiger partial charge in [-0.25, -0.2) is 0 Å². The molecule has 0 rings (SSSR count). The summed E-state index contributed by atoms with van der Waals surface area (Å²) in [5.74, 6) is -0.325. The average Bonchev–Trinajstić information content (AvgIpc) is 1.63. The van der Waals surface area contributed by atoms with E-state index in [2.05, 4.69) is 4.74 Å². The van der Waals surface area contributed by atoms with Gasteiger partial charge < -0.3 is 4.74 Å². The minimum absolute atomic E-state index is 0.131. The third-order valence-corrected chi connectivity index (χ3v) is 1.77. The number of hydrogen-bond donors (Lipinski definition) is 0. The third-order valence-electron chi connectivity index (χ3n) is 0.554. The van der Waals surface area contributed by atoms with Crippen molar-refractivity contribution in [1.29, 1.82) is 0 Å². The lowest BCUT2D eigenvalue weighted by molar-refractivity contribution is -0.139. The van der Waals surface area contributed by atoms with Crippen LogP contribution in [-0.4, -0.2) is 18.7 Å². The average molecular weight is 189 g/mol. The summed E-state index contributed by atoms with van der Waals surface area (Å²) in [6.45, 7) is 0.942. The van der Waals surface area contributed by atoms with Crippen molar-refractivity contribution in [3.63, 3.8) is 0 Å². The monoisotopic (exact) mass is 188 g/mol. The smallest absolute Gasteiger partial charge is 0.312 e. The molecule has 0 atom stereocenters. The molecule has 0 saturated carbocycles. The SMILES string of the molecule is CCOC(=O)CP(Cl)Cl. The van der Waals surface area contributed by atoms with Crippen LogP contribution in [0, 0.1) is 0 Å². The highest BCUT2D eigenvalue weighted by Gasteiger charge is 2.07. The quantitative estimate of drug-likeness (QED) is 0.503. The Morgan fingerprint density at radius 2 is 2.22 bits per heavy atom. The first-order chi connectivity index (χ1) is 4.16. The Kier molecular flexibility index (Phi) is 5.56. The van der Waals surface area contributed by atoms with Gasteiger partial charge in [0.1, 0.15) is 0 Å². The van der Waals surface area contributed by atoms with Crippen LogP contribution in [0.15, 0.2) is 0 Å². The largest absolute Gasteiger partial charge is 0.466 e. The molecule has 0 aromatic heterocycles. The molecule has 2 nitrogen and oxygen atoms in total. The van der Waals surface area contributed by atoms with E-state index in [1.807, 2.05) is 0 Å². The highest BCUT2D eigenvalue weighted by Crippen LogP contribution is 2.46. The Hall–Kier alpha value is 0.480. The Labute approximate surface area is 64.8 Å². The van der Waals surface area contributed by atoms with Crippen LogP contribution in [0.25, 0.3) is 0 Å². The van der Waals surface area contributed by atoms with E-state index in [1.165, 1.54) is 0 Å². The molecular formula is C4H7Cl2O2P. The molecule has 0 aromatic carbocycles. The van der Waals surface area contributed by atoms with Crippen LogP contribution in [0.3, 0.4) is 0 Å². The molecule has 54 valence electrons. The summed E-state index contributed by atoms with van der Waals surface area (Å²) in [6, 6.07) is 0. The third kappa shape index (κ3) is 6.36. The summed E-state index contributed by atoms with van der Waals surface area (Å²) in [6.07, 6.45) is 0.131. The highest BCUT2D eigenvalue weighted by molar-refractivity contribution is 8.04. The van der Waals surface area contributed by atoms with Gasteiger partial charge in [-0.1, -0.05) is 22.5 Å². The Morgan fingerprint density at radius 1 is 1.67 bits per heavy atom. The zero-order valence-electron chi connectivity index (χ0n) is 4.93. The van der Waals surface area contributed by atoms with Crippen LogP contribution in [0.5, 0.6) is 0 Å². The van der Waals surface area contributed by atoms with Crippen molar-refractivity contribution in [2.45, 2.75) is 6.92 Å². The molecule has 5 heteroatoms. The molecule has 0 saturated heterocycles. The molecule has 0 heterocycles. The fourth-order valence-corrected chi connectivity index (χ4v) is 1.18. The summed E-state index contributed by atoms with van der Waals surface area (Å²) in [7, 11) is 0. The topological polar surface area (TPSA) is 26.3 Å². The fraction of sp³-hybridized carbons (Fsp3) is 0.750. The molecule has 0 N–H and O–H groups in total. The minimum atomic E-state index is -1.18. The Balaban J connectivity index is 3.27. The summed E-state index contributed by atoms with van der Waals surface area (Å²) in [4.78, 5) is 10.5. The van der Waals surface area contributed by atoms with Gasteiger partial charge in [-0.05, 0) is 6.92 Å². The standard InChI is InChI=1S/C4H7Cl2O2P/c1-2-8-4(7)3-9(5)6/h2-3H2,1H3. The zero-order chi connectivity index (χ0) is 7.28. The maximum atomic E-state index is 10.5. The van der Waals surface area contributed by atoms with Crippen molar-refractivity contribution < 1.29 is 9.53 Å². The number of carbonyl (C=O) groups is 1. The minimum Gasteiger partial charge on any atom is -0.466 e. The van der Waals surface area contributed by atoms with Gasteiger partial charge >= 0.3 is 5.97 Å². The summed E-state index contributed by atoms with van der Waals surface area (Å²) in [5, 5.41) is 0. The van der Waals surface area contributed by atoms with E-state index in [0.29, 0.717) is 6.61 Å². The number of hydrogen-bond acceptors (Lipinski definition) is 2. The number of halogens is 2. The Bertz CT molecular complexity index is 96.6. The van der Waals surface area contributed by atoms with Crippen LogP contribution in [-0.2, 0) is 9.53 Å². The van der Waals surface area contributed by atoms with Gasteiger partial charge in [-0.15, -0.1) is 0 Å². The molecule has 9 heavy (non-hydrogen) atoms. The van der Waals surface area contributed by atoms with Gasteiger partial charge in [0.25, 0.3) is 0 Å². The molecule has 0 amide bonds. The lowest BCUT2D eigenvalue weighted by Crippen LogP contribution is -2.05. The first-order valence-corrected chi connectivity index (χ1v) is 5.75. The molecular weight excluding hydrogens is 182 g/mol. The number of esters is 1. The summed E-state index contributed by atoms with van der Waals surface area (Å²) >= 11 is 10.7. The van der Waals surface area contributed by atoms with Crippen LogP contribution < -0.4 is 0 Å². The second-order valence-electron chi connectivity index (χ2n) is 1.27.